The lowest BCUT2D eigenvalue weighted by atomic mass is 10.2. The van der Waals surface area contributed by atoms with Crippen LogP contribution in [-0.4, -0.2) is 20.1 Å². The Kier molecular flexibility index (Phi) is 7.03. The second-order valence-corrected chi connectivity index (χ2v) is 5.38. The summed E-state index contributed by atoms with van der Waals surface area (Å²) in [6.07, 6.45) is 6.74. The zero-order valence-electron chi connectivity index (χ0n) is 9.11. The highest BCUT2D eigenvalue weighted by molar-refractivity contribution is 7.94. The molecule has 15 heavy (non-hydrogen) atoms. The highest BCUT2D eigenvalue weighted by Gasteiger charge is 2.09. The smallest absolute Gasteiger partial charge is 0.232 e. The van der Waals surface area contributed by atoms with E-state index in [1.54, 1.807) is 6.08 Å². The van der Waals surface area contributed by atoms with Crippen molar-refractivity contribution in [2.75, 3.05) is 5.75 Å². The highest BCUT2D eigenvalue weighted by atomic mass is 32.2. The Morgan fingerprint density at radius 3 is 2.47 bits per heavy atom. The number of unbranched alkanes of at least 4 members (excludes halogenated alkanes) is 4. The van der Waals surface area contributed by atoms with Crippen LogP contribution in [0.1, 0.15) is 39.0 Å². The summed E-state index contributed by atoms with van der Waals surface area (Å²) in [5.41, 5.74) is 4.80. The fourth-order valence-corrected chi connectivity index (χ4v) is 2.07. The summed E-state index contributed by atoms with van der Waals surface area (Å²) in [6, 6.07) is 0. The van der Waals surface area contributed by atoms with Gasteiger partial charge in [0.05, 0.1) is 0 Å². The fourth-order valence-electron chi connectivity index (χ4n) is 1.15. The van der Waals surface area contributed by atoms with Crippen molar-refractivity contribution in [2.24, 2.45) is 5.73 Å². The molecular formula is C10H19NO3S. The molecule has 0 saturated heterocycles. The van der Waals surface area contributed by atoms with Gasteiger partial charge in [-0.1, -0.05) is 32.3 Å². The number of hydrogen-bond acceptors (Lipinski definition) is 3. The molecule has 0 unspecified atom stereocenters. The average molecular weight is 233 g/mol. The van der Waals surface area contributed by atoms with Crippen molar-refractivity contribution in [3.05, 3.63) is 11.5 Å². The molecule has 0 saturated carbocycles. The molecule has 0 rings (SSSR count). The number of carbonyl (C=O) groups excluding carboxylic acids is 1. The van der Waals surface area contributed by atoms with E-state index in [2.05, 4.69) is 6.92 Å². The Morgan fingerprint density at radius 1 is 1.27 bits per heavy atom. The topological polar surface area (TPSA) is 77.2 Å². The molecule has 0 bridgehead atoms. The second-order valence-electron chi connectivity index (χ2n) is 3.49. The van der Waals surface area contributed by atoms with Gasteiger partial charge >= 0.3 is 0 Å². The van der Waals surface area contributed by atoms with Gasteiger partial charge in [0.2, 0.25) is 5.91 Å². The minimum absolute atomic E-state index is 0.599. The van der Waals surface area contributed by atoms with Crippen LogP contribution < -0.4 is 5.73 Å². The van der Waals surface area contributed by atoms with Crippen LogP contribution >= 0.6 is 0 Å². The van der Waals surface area contributed by atoms with E-state index < -0.39 is 21.5 Å². The van der Waals surface area contributed by atoms with Gasteiger partial charge in [0, 0.05) is 5.41 Å². The SMILES string of the molecule is CCCCCC/C=C/S(=O)(=O)CC(N)=O. The van der Waals surface area contributed by atoms with E-state index in [0.29, 0.717) is 0 Å². The van der Waals surface area contributed by atoms with Crippen molar-refractivity contribution in [3.8, 4) is 0 Å². The Bertz CT molecular complexity index is 307. The molecule has 4 nitrogen and oxygen atoms in total. The molecule has 2 N–H and O–H groups in total. The van der Waals surface area contributed by atoms with Gasteiger partial charge in [0.25, 0.3) is 0 Å². The molecule has 0 spiro atoms. The van der Waals surface area contributed by atoms with Crippen molar-refractivity contribution >= 4 is 15.7 Å². The van der Waals surface area contributed by atoms with Crippen molar-refractivity contribution in [1.29, 1.82) is 0 Å². The Labute approximate surface area is 91.5 Å². The minimum atomic E-state index is -3.43. The molecule has 0 fully saturated rings. The zero-order chi connectivity index (χ0) is 11.7. The standard InChI is InChI=1S/C10H19NO3S/c1-2-3-4-5-6-7-8-15(13,14)9-10(11)12/h7-8H,2-6,9H2,1H3,(H2,11,12)/b8-7+. The van der Waals surface area contributed by atoms with E-state index >= 15 is 0 Å². The predicted octanol–water partition coefficient (Wildman–Crippen LogP) is 1.37. The summed E-state index contributed by atoms with van der Waals surface area (Å²) < 4.78 is 22.3. The largest absolute Gasteiger partial charge is 0.369 e. The molecule has 0 heterocycles. The van der Waals surface area contributed by atoms with Gasteiger partial charge in [-0.15, -0.1) is 0 Å². The number of carbonyl (C=O) groups is 1. The van der Waals surface area contributed by atoms with Crippen LogP contribution in [0.25, 0.3) is 0 Å². The molecule has 0 aliphatic rings. The first-order chi connectivity index (χ1) is 6.98. The molecule has 0 radical (unpaired) electrons. The molecule has 88 valence electrons. The first-order valence-electron chi connectivity index (χ1n) is 5.15. The Balaban J connectivity index is 3.80. The molecule has 1 amide bonds. The zero-order valence-corrected chi connectivity index (χ0v) is 9.92. The van der Waals surface area contributed by atoms with E-state index in [-0.39, 0.29) is 0 Å². The van der Waals surface area contributed by atoms with Crippen LogP contribution in [0.4, 0.5) is 0 Å². The monoisotopic (exact) mass is 233 g/mol. The van der Waals surface area contributed by atoms with Gasteiger partial charge in [-0.25, -0.2) is 8.42 Å². The first-order valence-corrected chi connectivity index (χ1v) is 6.87. The van der Waals surface area contributed by atoms with Crippen LogP contribution in [0.5, 0.6) is 0 Å². The molecule has 0 aromatic heterocycles. The van der Waals surface area contributed by atoms with Crippen molar-refractivity contribution in [3.63, 3.8) is 0 Å². The predicted molar refractivity (Wildman–Crippen MR) is 60.9 cm³/mol. The summed E-state index contributed by atoms with van der Waals surface area (Å²) in [6.45, 7) is 2.12. The number of hydrogen-bond donors (Lipinski definition) is 1. The van der Waals surface area contributed by atoms with Gasteiger partial charge in [-0.05, 0) is 12.8 Å². The Hall–Kier alpha value is -0.840. The molecule has 0 aromatic carbocycles. The molecular weight excluding hydrogens is 214 g/mol. The van der Waals surface area contributed by atoms with Crippen LogP contribution in [0.15, 0.2) is 11.5 Å². The number of allylic oxidation sites excluding steroid dienone is 1. The van der Waals surface area contributed by atoms with Gasteiger partial charge in [0.15, 0.2) is 9.84 Å². The lowest BCUT2D eigenvalue weighted by Gasteiger charge is -1.95. The maximum Gasteiger partial charge on any atom is 0.232 e. The maximum absolute atomic E-state index is 11.1. The fraction of sp³-hybridized carbons (Fsp3) is 0.700. The van der Waals surface area contributed by atoms with Gasteiger partial charge < -0.3 is 5.73 Å². The normalized spacial score (nSPS) is 12.1. The number of rotatable bonds is 8. The minimum Gasteiger partial charge on any atom is -0.369 e. The van der Waals surface area contributed by atoms with E-state index in [1.165, 1.54) is 6.42 Å². The third-order valence-electron chi connectivity index (χ3n) is 1.87. The summed E-state index contributed by atoms with van der Waals surface area (Å²) in [7, 11) is -3.43. The maximum atomic E-state index is 11.1. The third-order valence-corrected chi connectivity index (χ3v) is 3.17. The number of amides is 1. The van der Waals surface area contributed by atoms with Crippen LogP contribution in [0.3, 0.4) is 0 Å². The number of sulfone groups is 1. The average Bonchev–Trinajstić information content (AvgIpc) is 2.08. The first kappa shape index (κ1) is 14.2. The molecule has 0 aromatic rings. The quantitative estimate of drug-likeness (QED) is 0.643. The third kappa shape index (κ3) is 9.46. The Morgan fingerprint density at radius 2 is 1.93 bits per heavy atom. The summed E-state index contributed by atoms with van der Waals surface area (Å²) in [5, 5.41) is 1.09. The highest BCUT2D eigenvalue weighted by Crippen LogP contribution is 2.04. The van der Waals surface area contributed by atoms with Gasteiger partial charge in [-0.2, -0.15) is 0 Å². The van der Waals surface area contributed by atoms with E-state index in [9.17, 15) is 13.2 Å². The van der Waals surface area contributed by atoms with E-state index in [0.717, 1.165) is 31.1 Å². The molecule has 0 aliphatic heterocycles. The van der Waals surface area contributed by atoms with Crippen molar-refractivity contribution in [1.82, 2.24) is 0 Å². The summed E-state index contributed by atoms with van der Waals surface area (Å²) in [5.74, 6) is -1.41. The van der Waals surface area contributed by atoms with E-state index in [4.69, 9.17) is 5.73 Å². The van der Waals surface area contributed by atoms with Gasteiger partial charge in [-0.3, -0.25) is 4.79 Å². The molecule has 5 heteroatoms. The second kappa shape index (κ2) is 7.45. The lowest BCUT2D eigenvalue weighted by molar-refractivity contribution is -0.115. The number of nitrogens with two attached hydrogens (primary N) is 1. The van der Waals surface area contributed by atoms with Crippen LogP contribution in [0.2, 0.25) is 0 Å². The summed E-state index contributed by atoms with van der Waals surface area (Å²) in [4.78, 5) is 10.4. The molecule has 0 aliphatic carbocycles. The summed E-state index contributed by atoms with van der Waals surface area (Å²) >= 11 is 0. The van der Waals surface area contributed by atoms with Crippen molar-refractivity contribution < 1.29 is 13.2 Å². The van der Waals surface area contributed by atoms with Crippen LogP contribution in [-0.2, 0) is 14.6 Å². The number of primary amides is 1. The van der Waals surface area contributed by atoms with E-state index in [1.807, 2.05) is 0 Å². The lowest BCUT2D eigenvalue weighted by Crippen LogP contribution is -2.21. The molecule has 0 atom stereocenters. The van der Waals surface area contributed by atoms with Gasteiger partial charge in [0.1, 0.15) is 5.75 Å². The van der Waals surface area contributed by atoms with Crippen molar-refractivity contribution in [2.45, 2.75) is 39.0 Å². The van der Waals surface area contributed by atoms with Crippen LogP contribution in [0, 0.1) is 0 Å².